The van der Waals surface area contributed by atoms with Gasteiger partial charge in [0.1, 0.15) is 0 Å². The van der Waals surface area contributed by atoms with Crippen LogP contribution in [-0.4, -0.2) is 66.3 Å². The Hall–Kier alpha value is -3.19. The number of benzene rings is 2. The first-order valence-electron chi connectivity index (χ1n) is 14.5. The molecule has 3 atom stereocenters. The van der Waals surface area contributed by atoms with Crippen molar-refractivity contribution in [3.63, 3.8) is 0 Å². The van der Waals surface area contributed by atoms with E-state index in [1.54, 1.807) is 0 Å². The number of hydrogen-bond acceptors (Lipinski definition) is 4. The van der Waals surface area contributed by atoms with Crippen LogP contribution in [0.5, 0.6) is 0 Å². The molecule has 2 saturated heterocycles. The Kier molecular flexibility index (Phi) is 7.81. The molecule has 7 nitrogen and oxygen atoms in total. The monoisotopic (exact) mass is 530 g/mol. The standard InChI is InChI=1S/C32H42N4O3/c1-32(2)26-13-7-8-14-27(26)36(31(32)39)23-17-20-35(21-18-23)30(38)25(16-15-22-10-5-4-6-11-22)28-24(29(33)37)12-9-19-34(28)3/h4-8,10-11,13-14,23-25,28H,9,12,15-21H2,1-3H3,(H2,33,37)/t24?,25-,28?/m0/s1. The first-order chi connectivity index (χ1) is 18.7. The number of piperidine rings is 2. The molecule has 2 fully saturated rings. The summed E-state index contributed by atoms with van der Waals surface area (Å²) in [6.45, 7) is 6.07. The van der Waals surface area contributed by atoms with Crippen molar-refractivity contribution >= 4 is 23.4 Å². The summed E-state index contributed by atoms with van der Waals surface area (Å²) in [7, 11) is 2.02. The number of para-hydroxylation sites is 1. The number of nitrogens with zero attached hydrogens (tertiary/aromatic N) is 3. The van der Waals surface area contributed by atoms with E-state index in [0.717, 1.165) is 49.9 Å². The average molecular weight is 531 g/mol. The van der Waals surface area contributed by atoms with Crippen LogP contribution in [0.2, 0.25) is 0 Å². The summed E-state index contributed by atoms with van der Waals surface area (Å²) >= 11 is 0. The van der Waals surface area contributed by atoms with Crippen molar-refractivity contribution in [3.8, 4) is 0 Å². The van der Waals surface area contributed by atoms with Gasteiger partial charge in [0.15, 0.2) is 0 Å². The topological polar surface area (TPSA) is 86.9 Å². The lowest BCUT2D eigenvalue weighted by Gasteiger charge is -2.44. The Morgan fingerprint density at radius 1 is 0.974 bits per heavy atom. The van der Waals surface area contributed by atoms with E-state index >= 15 is 0 Å². The fourth-order valence-electron chi connectivity index (χ4n) is 7.17. The molecule has 3 aliphatic heterocycles. The van der Waals surface area contributed by atoms with E-state index in [2.05, 4.69) is 23.1 Å². The maximum atomic E-state index is 14.2. The number of nitrogens with two attached hydrogens (primary N) is 1. The average Bonchev–Trinajstić information content (AvgIpc) is 3.14. The Labute approximate surface area is 232 Å². The van der Waals surface area contributed by atoms with Gasteiger partial charge >= 0.3 is 0 Å². The van der Waals surface area contributed by atoms with E-state index < -0.39 is 5.41 Å². The molecule has 208 valence electrons. The maximum Gasteiger partial charge on any atom is 0.237 e. The summed E-state index contributed by atoms with van der Waals surface area (Å²) in [6, 6.07) is 18.2. The second-order valence-electron chi connectivity index (χ2n) is 12.1. The van der Waals surface area contributed by atoms with Gasteiger partial charge in [0.2, 0.25) is 17.7 Å². The first-order valence-corrected chi connectivity index (χ1v) is 14.5. The third-order valence-corrected chi connectivity index (χ3v) is 9.36. The van der Waals surface area contributed by atoms with Crippen molar-refractivity contribution in [1.82, 2.24) is 9.80 Å². The number of fused-ring (bicyclic) bond motifs is 1. The first kappa shape index (κ1) is 27.4. The van der Waals surface area contributed by atoms with Gasteiger partial charge < -0.3 is 20.4 Å². The highest BCUT2D eigenvalue weighted by Crippen LogP contribution is 2.44. The summed E-state index contributed by atoms with van der Waals surface area (Å²) in [5.41, 5.74) is 8.61. The van der Waals surface area contributed by atoms with Crippen LogP contribution in [0.3, 0.4) is 0 Å². The maximum absolute atomic E-state index is 14.2. The zero-order valence-electron chi connectivity index (χ0n) is 23.5. The fourth-order valence-corrected chi connectivity index (χ4v) is 7.17. The van der Waals surface area contributed by atoms with Gasteiger partial charge in [-0.3, -0.25) is 14.4 Å². The van der Waals surface area contributed by atoms with E-state index in [0.29, 0.717) is 19.5 Å². The molecule has 2 aromatic carbocycles. The molecule has 0 aliphatic carbocycles. The van der Waals surface area contributed by atoms with Crippen LogP contribution in [0, 0.1) is 11.8 Å². The second-order valence-corrected chi connectivity index (χ2v) is 12.1. The Bertz CT molecular complexity index is 1200. The van der Waals surface area contributed by atoms with Crippen molar-refractivity contribution < 1.29 is 14.4 Å². The molecule has 0 radical (unpaired) electrons. The lowest BCUT2D eigenvalue weighted by atomic mass is 9.77. The molecule has 0 saturated carbocycles. The number of carbonyl (C=O) groups excluding carboxylic acids is 3. The molecule has 2 aromatic rings. The van der Waals surface area contributed by atoms with Gasteiger partial charge in [0.25, 0.3) is 0 Å². The molecule has 0 bridgehead atoms. The van der Waals surface area contributed by atoms with E-state index in [1.165, 1.54) is 5.56 Å². The van der Waals surface area contributed by atoms with E-state index in [1.807, 2.05) is 67.1 Å². The lowest BCUT2D eigenvalue weighted by molar-refractivity contribution is -0.142. The highest BCUT2D eigenvalue weighted by molar-refractivity contribution is 6.08. The van der Waals surface area contributed by atoms with Crippen LogP contribution in [0.4, 0.5) is 5.69 Å². The summed E-state index contributed by atoms with van der Waals surface area (Å²) in [5, 5.41) is 0. The number of hydrogen-bond donors (Lipinski definition) is 1. The lowest BCUT2D eigenvalue weighted by Crippen LogP contribution is -2.57. The SMILES string of the molecule is CN1CCCC(C(N)=O)C1[C@H](CCc1ccccc1)C(=O)N1CCC(N2C(=O)C(C)(C)c3ccccc32)CC1. The summed E-state index contributed by atoms with van der Waals surface area (Å²) < 4.78 is 0. The molecular weight excluding hydrogens is 488 g/mol. The minimum atomic E-state index is -0.540. The number of amides is 3. The van der Waals surface area contributed by atoms with Gasteiger partial charge in [-0.2, -0.15) is 0 Å². The van der Waals surface area contributed by atoms with Crippen LogP contribution in [0.25, 0.3) is 0 Å². The van der Waals surface area contributed by atoms with Crippen LogP contribution < -0.4 is 10.6 Å². The molecule has 3 aliphatic rings. The number of primary amides is 1. The highest BCUT2D eigenvalue weighted by atomic mass is 16.2. The minimum absolute atomic E-state index is 0.0722. The second kappa shape index (κ2) is 11.1. The zero-order chi connectivity index (χ0) is 27.7. The normalized spacial score (nSPS) is 24.4. The third-order valence-electron chi connectivity index (χ3n) is 9.36. The van der Waals surface area contributed by atoms with Gasteiger partial charge in [0.05, 0.1) is 17.3 Å². The van der Waals surface area contributed by atoms with Crippen molar-refractivity contribution in [1.29, 1.82) is 0 Å². The van der Waals surface area contributed by atoms with Gasteiger partial charge in [-0.15, -0.1) is 0 Å². The molecule has 5 rings (SSSR count). The molecule has 3 heterocycles. The summed E-state index contributed by atoms with van der Waals surface area (Å²) in [4.78, 5) is 46.3. The van der Waals surface area contributed by atoms with Gasteiger partial charge in [-0.25, -0.2) is 0 Å². The van der Waals surface area contributed by atoms with Crippen molar-refractivity contribution in [2.45, 2.75) is 69.9 Å². The van der Waals surface area contributed by atoms with Gasteiger partial charge in [0, 0.05) is 30.9 Å². The summed E-state index contributed by atoms with van der Waals surface area (Å²) in [6.07, 6.45) is 4.58. The largest absolute Gasteiger partial charge is 0.369 e. The molecule has 3 amide bonds. The minimum Gasteiger partial charge on any atom is -0.369 e. The highest BCUT2D eigenvalue weighted by Gasteiger charge is 2.48. The predicted molar refractivity (Wildman–Crippen MR) is 153 cm³/mol. The van der Waals surface area contributed by atoms with Crippen LogP contribution in [0.15, 0.2) is 54.6 Å². The van der Waals surface area contributed by atoms with Gasteiger partial charge in [-0.1, -0.05) is 48.5 Å². The molecular formula is C32H42N4O3. The Balaban J connectivity index is 1.33. The van der Waals surface area contributed by atoms with E-state index in [4.69, 9.17) is 5.73 Å². The molecule has 2 unspecified atom stereocenters. The van der Waals surface area contributed by atoms with Crippen LogP contribution in [-0.2, 0) is 26.2 Å². The van der Waals surface area contributed by atoms with Crippen LogP contribution in [0.1, 0.15) is 57.1 Å². The van der Waals surface area contributed by atoms with Crippen molar-refractivity contribution in [2.75, 3.05) is 31.6 Å². The summed E-state index contributed by atoms with van der Waals surface area (Å²) in [5.74, 6) is -0.689. The van der Waals surface area contributed by atoms with Gasteiger partial charge in [-0.05, 0) is 83.2 Å². The Morgan fingerprint density at radius 3 is 2.33 bits per heavy atom. The molecule has 39 heavy (non-hydrogen) atoms. The number of carbonyl (C=O) groups is 3. The number of likely N-dealkylation sites (tertiary alicyclic amines) is 2. The third kappa shape index (κ3) is 5.21. The molecule has 0 spiro atoms. The molecule has 2 N–H and O–H groups in total. The van der Waals surface area contributed by atoms with Crippen molar-refractivity contribution in [2.24, 2.45) is 17.6 Å². The fraction of sp³-hybridized carbons (Fsp3) is 0.531. The number of anilines is 1. The van der Waals surface area contributed by atoms with Crippen LogP contribution >= 0.6 is 0 Å². The van der Waals surface area contributed by atoms with E-state index in [-0.39, 0.29) is 41.6 Å². The molecule has 0 aromatic heterocycles. The molecule has 7 heteroatoms. The zero-order valence-corrected chi connectivity index (χ0v) is 23.5. The van der Waals surface area contributed by atoms with Crippen molar-refractivity contribution in [3.05, 3.63) is 65.7 Å². The predicted octanol–water partition coefficient (Wildman–Crippen LogP) is 3.75. The Morgan fingerprint density at radius 2 is 1.64 bits per heavy atom. The quantitative estimate of drug-likeness (QED) is 0.591. The number of aryl methyl sites for hydroxylation is 1. The smallest absolute Gasteiger partial charge is 0.237 e. The van der Waals surface area contributed by atoms with E-state index in [9.17, 15) is 14.4 Å². The number of rotatable bonds is 7.